The Labute approximate surface area is 71.0 Å². The summed E-state index contributed by atoms with van der Waals surface area (Å²) in [4.78, 5) is 0. The molecule has 0 aromatic carbocycles. The lowest BCUT2D eigenvalue weighted by Crippen LogP contribution is -1.74. The van der Waals surface area contributed by atoms with Gasteiger partial charge in [-0.2, -0.15) is 0 Å². The summed E-state index contributed by atoms with van der Waals surface area (Å²) in [5.41, 5.74) is 5.14. The van der Waals surface area contributed by atoms with Crippen LogP contribution in [0.4, 0.5) is 0 Å². The van der Waals surface area contributed by atoms with Crippen molar-refractivity contribution in [1.29, 1.82) is 0 Å². The Bertz CT molecular complexity index is 93.0. The zero-order chi connectivity index (χ0) is 8.95. The zero-order valence-electron chi connectivity index (χ0n) is 8.01. The molecule has 0 bridgehead atoms. The number of rotatable bonds is 4. The summed E-state index contributed by atoms with van der Waals surface area (Å²) in [6, 6.07) is 0. The molecule has 0 aromatic heterocycles. The highest BCUT2D eigenvalue weighted by molar-refractivity contribution is 4.85. The Morgan fingerprint density at radius 3 is 2.00 bits per heavy atom. The van der Waals surface area contributed by atoms with Crippen molar-refractivity contribution in [3.63, 3.8) is 0 Å². The molecule has 0 saturated carbocycles. The van der Waals surface area contributed by atoms with E-state index in [9.17, 15) is 0 Å². The molecule has 0 aromatic rings. The Hall–Kier alpha value is -0.720. The molecular weight excluding hydrogens is 134 g/mol. The standard InChI is InChI=1S/C8H15N.C2H6/c1-2-3-4-5-6-7-8-9;1-2/h3-4,7-8H,2,5-6,9H2,1H3;1-2H3/b4-3+,8-7+;. The van der Waals surface area contributed by atoms with Crippen molar-refractivity contribution in [1.82, 2.24) is 0 Å². The minimum Gasteiger partial charge on any atom is -0.405 e. The Morgan fingerprint density at radius 2 is 1.55 bits per heavy atom. The summed E-state index contributed by atoms with van der Waals surface area (Å²) in [6.45, 7) is 6.13. The number of nitrogens with two attached hydrogens (primary N) is 1. The van der Waals surface area contributed by atoms with Crippen molar-refractivity contribution in [2.45, 2.75) is 40.0 Å². The monoisotopic (exact) mass is 155 g/mol. The van der Waals surface area contributed by atoms with E-state index in [0.29, 0.717) is 0 Å². The van der Waals surface area contributed by atoms with E-state index < -0.39 is 0 Å². The first-order valence-corrected chi connectivity index (χ1v) is 4.43. The van der Waals surface area contributed by atoms with E-state index in [0.717, 1.165) is 19.3 Å². The minimum atomic E-state index is 1.06. The molecule has 0 amide bonds. The van der Waals surface area contributed by atoms with Crippen LogP contribution in [0, 0.1) is 0 Å². The first-order chi connectivity index (χ1) is 5.41. The van der Waals surface area contributed by atoms with E-state index in [4.69, 9.17) is 5.73 Å². The molecule has 0 fully saturated rings. The van der Waals surface area contributed by atoms with Crippen LogP contribution in [0.15, 0.2) is 24.4 Å². The van der Waals surface area contributed by atoms with Crippen molar-refractivity contribution in [3.8, 4) is 0 Å². The molecule has 1 heteroatoms. The van der Waals surface area contributed by atoms with E-state index in [2.05, 4.69) is 19.1 Å². The van der Waals surface area contributed by atoms with Gasteiger partial charge in [-0.3, -0.25) is 0 Å². The summed E-state index contributed by atoms with van der Waals surface area (Å²) in [6.07, 6.45) is 11.2. The molecule has 0 saturated heterocycles. The van der Waals surface area contributed by atoms with Crippen LogP contribution in [0.5, 0.6) is 0 Å². The van der Waals surface area contributed by atoms with Crippen molar-refractivity contribution >= 4 is 0 Å². The molecule has 11 heavy (non-hydrogen) atoms. The van der Waals surface area contributed by atoms with Gasteiger partial charge in [-0.25, -0.2) is 0 Å². The Balaban J connectivity index is 0. The highest BCUT2D eigenvalue weighted by atomic mass is 14.5. The average molecular weight is 155 g/mol. The SMILES string of the molecule is CC.CC/C=C/CC/C=C/N. The molecule has 66 valence electrons. The second kappa shape index (κ2) is 16.1. The van der Waals surface area contributed by atoms with Crippen molar-refractivity contribution in [3.05, 3.63) is 24.4 Å². The van der Waals surface area contributed by atoms with Crippen molar-refractivity contribution < 1.29 is 0 Å². The van der Waals surface area contributed by atoms with E-state index >= 15 is 0 Å². The molecule has 0 atom stereocenters. The predicted molar refractivity (Wildman–Crippen MR) is 53.3 cm³/mol. The van der Waals surface area contributed by atoms with Crippen LogP contribution in [-0.2, 0) is 0 Å². The van der Waals surface area contributed by atoms with Gasteiger partial charge >= 0.3 is 0 Å². The molecule has 0 aliphatic rings. The maximum absolute atomic E-state index is 5.14. The van der Waals surface area contributed by atoms with Crippen molar-refractivity contribution in [2.24, 2.45) is 5.73 Å². The van der Waals surface area contributed by atoms with Gasteiger partial charge in [0.15, 0.2) is 0 Å². The van der Waals surface area contributed by atoms with Gasteiger partial charge < -0.3 is 5.73 Å². The highest BCUT2D eigenvalue weighted by Crippen LogP contribution is 1.92. The number of unbranched alkanes of at least 4 members (excludes halogenated alkanes) is 1. The molecule has 0 spiro atoms. The molecule has 0 aliphatic heterocycles. The lowest BCUT2D eigenvalue weighted by atomic mass is 10.3. The van der Waals surface area contributed by atoms with Crippen LogP contribution < -0.4 is 5.73 Å². The maximum atomic E-state index is 5.14. The zero-order valence-corrected chi connectivity index (χ0v) is 8.01. The summed E-state index contributed by atoms with van der Waals surface area (Å²) < 4.78 is 0. The van der Waals surface area contributed by atoms with Crippen LogP contribution in [-0.4, -0.2) is 0 Å². The fourth-order valence-electron chi connectivity index (χ4n) is 0.573. The van der Waals surface area contributed by atoms with E-state index in [-0.39, 0.29) is 0 Å². The van der Waals surface area contributed by atoms with Crippen LogP contribution in [0.25, 0.3) is 0 Å². The number of hydrogen-bond acceptors (Lipinski definition) is 1. The minimum absolute atomic E-state index is 1.06. The third-order valence-electron chi connectivity index (χ3n) is 1.04. The average Bonchev–Trinajstić information content (AvgIpc) is 2.08. The van der Waals surface area contributed by atoms with E-state index in [1.165, 1.54) is 0 Å². The molecule has 1 nitrogen and oxygen atoms in total. The van der Waals surface area contributed by atoms with Gasteiger partial charge in [0, 0.05) is 0 Å². The molecule has 0 radical (unpaired) electrons. The lowest BCUT2D eigenvalue weighted by molar-refractivity contribution is 1.03. The van der Waals surface area contributed by atoms with Crippen LogP contribution in [0.1, 0.15) is 40.0 Å². The topological polar surface area (TPSA) is 26.0 Å². The Kier molecular flexibility index (Phi) is 18.9. The third-order valence-corrected chi connectivity index (χ3v) is 1.04. The van der Waals surface area contributed by atoms with Crippen LogP contribution in [0.2, 0.25) is 0 Å². The Morgan fingerprint density at radius 1 is 1.00 bits per heavy atom. The van der Waals surface area contributed by atoms with Gasteiger partial charge in [0.25, 0.3) is 0 Å². The first-order valence-electron chi connectivity index (χ1n) is 4.43. The van der Waals surface area contributed by atoms with Crippen LogP contribution in [0.3, 0.4) is 0 Å². The summed E-state index contributed by atoms with van der Waals surface area (Å²) in [5, 5.41) is 0. The second-order valence-electron chi connectivity index (χ2n) is 1.89. The maximum Gasteiger partial charge on any atom is -0.0103 e. The van der Waals surface area contributed by atoms with Gasteiger partial charge in [0.05, 0.1) is 0 Å². The van der Waals surface area contributed by atoms with Gasteiger partial charge in [-0.1, -0.05) is 39.0 Å². The largest absolute Gasteiger partial charge is 0.405 e. The summed E-state index contributed by atoms with van der Waals surface area (Å²) in [5.74, 6) is 0. The third kappa shape index (κ3) is 17.6. The summed E-state index contributed by atoms with van der Waals surface area (Å²) in [7, 11) is 0. The van der Waals surface area contributed by atoms with E-state index in [1.807, 2.05) is 19.9 Å². The number of allylic oxidation sites excluding steroid dienone is 3. The normalized spacial score (nSPS) is 10.1. The van der Waals surface area contributed by atoms with Crippen molar-refractivity contribution in [2.75, 3.05) is 0 Å². The lowest BCUT2D eigenvalue weighted by Gasteiger charge is -1.83. The first kappa shape index (κ1) is 12.9. The molecule has 0 unspecified atom stereocenters. The molecule has 0 aliphatic carbocycles. The smallest absolute Gasteiger partial charge is 0.0103 e. The fourth-order valence-corrected chi connectivity index (χ4v) is 0.573. The molecular formula is C10H21N. The van der Waals surface area contributed by atoms with Gasteiger partial charge in [-0.15, -0.1) is 0 Å². The highest BCUT2D eigenvalue weighted by Gasteiger charge is 1.72. The fraction of sp³-hybridized carbons (Fsp3) is 0.600. The molecule has 0 heterocycles. The van der Waals surface area contributed by atoms with E-state index in [1.54, 1.807) is 6.20 Å². The van der Waals surface area contributed by atoms with Gasteiger partial charge in [0.2, 0.25) is 0 Å². The summed E-state index contributed by atoms with van der Waals surface area (Å²) >= 11 is 0. The number of hydrogen-bond donors (Lipinski definition) is 1. The van der Waals surface area contributed by atoms with Gasteiger partial charge in [-0.05, 0) is 25.5 Å². The van der Waals surface area contributed by atoms with Gasteiger partial charge in [0.1, 0.15) is 0 Å². The second-order valence-corrected chi connectivity index (χ2v) is 1.89. The molecule has 2 N–H and O–H groups in total. The van der Waals surface area contributed by atoms with Crippen LogP contribution >= 0.6 is 0 Å². The molecule has 0 rings (SSSR count). The predicted octanol–water partition coefficient (Wildman–Crippen LogP) is 3.23. The quantitative estimate of drug-likeness (QED) is 0.489.